The van der Waals surface area contributed by atoms with Crippen LogP contribution in [0.4, 0.5) is 16.3 Å². The summed E-state index contributed by atoms with van der Waals surface area (Å²) in [5.41, 5.74) is 8.29. The van der Waals surface area contributed by atoms with Gasteiger partial charge in [0, 0.05) is 61.8 Å². The fraction of sp³-hybridized carbons (Fsp3) is 0.443. The van der Waals surface area contributed by atoms with Crippen LogP contribution in [0, 0.1) is 23.7 Å². The highest BCUT2D eigenvalue weighted by Gasteiger charge is 2.44. The van der Waals surface area contributed by atoms with E-state index >= 15 is 0 Å². The van der Waals surface area contributed by atoms with E-state index in [1.54, 1.807) is 23.6 Å². The molecule has 3 aromatic heterocycles. The zero-order valence-corrected chi connectivity index (χ0v) is 47.9. The second kappa shape index (κ2) is 29.9. The molecule has 0 spiro atoms. The summed E-state index contributed by atoms with van der Waals surface area (Å²) in [4.78, 5) is 67.5. The van der Waals surface area contributed by atoms with Gasteiger partial charge in [-0.15, -0.1) is 11.3 Å². The number of benzene rings is 3. The number of aliphatic hydroxyl groups is 1. The first-order valence-electron chi connectivity index (χ1n) is 27.9. The van der Waals surface area contributed by atoms with E-state index in [0.717, 1.165) is 75.6 Å². The number of hydrogen-bond donors (Lipinski definition) is 5. The van der Waals surface area contributed by atoms with Crippen molar-refractivity contribution in [2.75, 3.05) is 69.6 Å². The Balaban J connectivity index is 0.688. The van der Waals surface area contributed by atoms with E-state index in [1.807, 2.05) is 140 Å². The third-order valence-electron chi connectivity index (χ3n) is 14.4. The molecule has 1 aliphatic carbocycles. The number of carbonyl (C=O) groups excluding carboxylic acids is 4. The number of nitrogens with zero attached hydrogens (tertiary/aromatic N) is 7. The smallest absolute Gasteiger partial charge is 0.322 e. The maximum Gasteiger partial charge on any atom is 0.322 e. The van der Waals surface area contributed by atoms with Crippen molar-refractivity contribution in [1.29, 1.82) is 5.26 Å². The molecular weight excluding hydrogens is 1060 g/mol. The number of nitriles is 1. The lowest BCUT2D eigenvalue weighted by atomic mass is 9.85. The third kappa shape index (κ3) is 17.5. The number of hydrogen-bond acceptors (Lipinski definition) is 15. The van der Waals surface area contributed by atoms with Gasteiger partial charge in [0.1, 0.15) is 30.6 Å². The number of aryl methyl sites for hydroxylation is 1. The van der Waals surface area contributed by atoms with E-state index < -0.39 is 35.4 Å². The molecule has 2 aliphatic rings. The molecule has 1 aliphatic heterocycles. The number of urea groups is 1. The van der Waals surface area contributed by atoms with Crippen LogP contribution < -0.4 is 26.2 Å². The number of anilines is 2. The molecule has 1 saturated heterocycles. The predicted octanol–water partition coefficient (Wildman–Crippen LogP) is 7.26. The number of likely N-dealkylation sites (tertiary alicyclic amines) is 1. The molecule has 5 amide bonds. The molecule has 1 saturated carbocycles. The van der Waals surface area contributed by atoms with E-state index in [2.05, 4.69) is 42.4 Å². The quantitative estimate of drug-likeness (QED) is 0.0319. The molecule has 5 N–H and O–H groups in total. The molecule has 3 atom stereocenters. The summed E-state index contributed by atoms with van der Waals surface area (Å²) in [6.07, 6.45) is 7.93. The van der Waals surface area contributed by atoms with Crippen LogP contribution in [0.1, 0.15) is 75.3 Å². The van der Waals surface area contributed by atoms with Gasteiger partial charge in [-0.3, -0.25) is 24.0 Å². The highest BCUT2D eigenvalue weighted by atomic mass is 32.1. The first-order valence-corrected chi connectivity index (χ1v) is 28.8. The molecular formula is C61H75N11O9S. The number of rotatable bonds is 27. The Morgan fingerprint density at radius 3 is 2.09 bits per heavy atom. The predicted molar refractivity (Wildman–Crippen MR) is 312 cm³/mol. The summed E-state index contributed by atoms with van der Waals surface area (Å²) >= 11 is 1.57. The lowest BCUT2D eigenvalue weighted by molar-refractivity contribution is -0.144. The Kier molecular flexibility index (Phi) is 22.1. The van der Waals surface area contributed by atoms with Crippen molar-refractivity contribution in [3.8, 4) is 27.6 Å². The minimum absolute atomic E-state index is 0.00426. The van der Waals surface area contributed by atoms with Gasteiger partial charge in [0.25, 0.3) is 0 Å². The monoisotopic (exact) mass is 1140 g/mol. The lowest BCUT2D eigenvalue weighted by Crippen LogP contribution is -2.58. The van der Waals surface area contributed by atoms with Crippen molar-refractivity contribution in [1.82, 2.24) is 40.6 Å². The molecule has 2 fully saturated rings. The highest BCUT2D eigenvalue weighted by molar-refractivity contribution is 7.13. The molecule has 20 nitrogen and oxygen atoms in total. The number of aliphatic hydroxyl groups excluding tert-OH is 1. The van der Waals surface area contributed by atoms with Gasteiger partial charge < -0.3 is 50.2 Å². The number of ether oxygens (including phenoxy) is 4. The average Bonchev–Trinajstić information content (AvgIpc) is 4.36. The molecule has 21 heteroatoms. The van der Waals surface area contributed by atoms with Gasteiger partial charge in [0.15, 0.2) is 0 Å². The number of pyridine rings is 1. The molecule has 8 rings (SSSR count). The first-order chi connectivity index (χ1) is 39.7. The van der Waals surface area contributed by atoms with Crippen molar-refractivity contribution in [2.45, 2.75) is 110 Å². The summed E-state index contributed by atoms with van der Waals surface area (Å²) in [5, 5.41) is 36.6. The molecule has 82 heavy (non-hydrogen) atoms. The minimum atomic E-state index is -0.974. The van der Waals surface area contributed by atoms with Crippen LogP contribution in [-0.4, -0.2) is 143 Å². The Labute approximate surface area is 483 Å². The number of β-amino-alcohol motifs (C(OH)–C–C–N with tert-alkyl or cyclic N) is 1. The third-order valence-corrected chi connectivity index (χ3v) is 15.4. The maximum absolute atomic E-state index is 14.0. The van der Waals surface area contributed by atoms with E-state index in [1.165, 1.54) is 4.90 Å². The van der Waals surface area contributed by atoms with E-state index in [-0.39, 0.29) is 63.4 Å². The summed E-state index contributed by atoms with van der Waals surface area (Å²) < 4.78 is 24.5. The fourth-order valence-corrected chi connectivity index (χ4v) is 10.8. The van der Waals surface area contributed by atoms with Gasteiger partial charge >= 0.3 is 6.03 Å². The Hall–Kier alpha value is -7.58. The van der Waals surface area contributed by atoms with Gasteiger partial charge in [0.2, 0.25) is 17.7 Å². The molecule has 0 unspecified atom stereocenters. The Bertz CT molecular complexity index is 3030. The van der Waals surface area contributed by atoms with Crippen LogP contribution in [0.3, 0.4) is 0 Å². The number of nitrogens with one attached hydrogen (secondary N) is 4. The molecule has 3 aromatic carbocycles. The van der Waals surface area contributed by atoms with Crippen molar-refractivity contribution in [2.24, 2.45) is 5.41 Å². The topological polar surface area (TPSA) is 247 Å². The highest BCUT2D eigenvalue weighted by Crippen LogP contribution is 2.32. The largest absolute Gasteiger partial charge is 0.391 e. The lowest BCUT2D eigenvalue weighted by Gasteiger charge is -2.37. The molecule has 0 bridgehead atoms. The summed E-state index contributed by atoms with van der Waals surface area (Å²) in [6.45, 7) is 10.6. The SMILES string of the molecule is Cc1ncsc1-c1ccc(CNC(=O)[C@@H]2C[C@@H](O)CN2C(=O)[C@@H](NC(=O)COCCOCCOCCOCCn2cc(-c3ccc(N(C(=O)NCc4ccccc4)[C@H]4CC[C@H](Nc5ccc(C#N)cn5)CC4)cc3)cn2)C(C)(C)C)cc1. The Morgan fingerprint density at radius 1 is 0.780 bits per heavy atom. The van der Waals surface area contributed by atoms with Crippen molar-refractivity contribution in [3.63, 3.8) is 0 Å². The van der Waals surface area contributed by atoms with Gasteiger partial charge in [-0.2, -0.15) is 10.4 Å². The van der Waals surface area contributed by atoms with Crippen LogP contribution in [0.5, 0.6) is 0 Å². The average molecular weight is 1140 g/mol. The van der Waals surface area contributed by atoms with Gasteiger partial charge in [-0.1, -0.05) is 87.5 Å². The van der Waals surface area contributed by atoms with Crippen molar-refractivity contribution in [3.05, 3.63) is 137 Å². The fourth-order valence-electron chi connectivity index (χ4n) is 10.0. The standard InChI is InChI=1S/C61H75N11O9S/c1-42-56(82-41-66-42)47-13-10-44(11-14-47)34-64-58(75)53-32-52(73)39-71(53)59(76)57(61(2,3)4)69-55(74)40-81-31-30-80-29-28-79-27-26-78-25-24-70-38-48(37-67-70)46-15-19-50(20-16-46)72(60(77)65-35-43-8-6-5-7-9-43)51-21-17-49(18-22-51)68-54-23-12-45(33-62)36-63-54/h5-16,19-20,23,36-38,41,49,51-53,57,73H,17-18,21-22,24-32,34-35,39-40H2,1-4H3,(H,63,68)(H,64,75)(H,65,77)(H,69,74)/t49-,51-,52-,53+,57-/m1/s1. The number of thiazole rings is 1. The second-order valence-corrected chi connectivity index (χ2v) is 22.4. The van der Waals surface area contributed by atoms with Crippen LogP contribution in [0.25, 0.3) is 21.6 Å². The van der Waals surface area contributed by atoms with Crippen LogP contribution in [0.2, 0.25) is 0 Å². The number of aromatic nitrogens is 4. The minimum Gasteiger partial charge on any atom is -0.391 e. The van der Waals surface area contributed by atoms with E-state index in [9.17, 15) is 24.3 Å². The van der Waals surface area contributed by atoms with Gasteiger partial charge in [-0.05, 0) is 84.5 Å². The maximum atomic E-state index is 14.0. The summed E-state index contributed by atoms with van der Waals surface area (Å²) in [6, 6.07) is 29.7. The van der Waals surface area contributed by atoms with Crippen LogP contribution in [0.15, 0.2) is 115 Å². The molecule has 0 radical (unpaired) electrons. The normalized spacial score (nSPS) is 17.4. The van der Waals surface area contributed by atoms with Crippen molar-refractivity contribution >= 4 is 46.6 Å². The zero-order valence-electron chi connectivity index (χ0n) is 47.1. The van der Waals surface area contributed by atoms with Gasteiger partial charge in [0.05, 0.1) is 86.7 Å². The summed E-state index contributed by atoms with van der Waals surface area (Å²) in [5.74, 6) is -0.574. The van der Waals surface area contributed by atoms with Crippen LogP contribution >= 0.6 is 11.3 Å². The molecule has 6 aromatic rings. The summed E-state index contributed by atoms with van der Waals surface area (Å²) in [7, 11) is 0. The first kappa shape index (κ1) is 60.5. The van der Waals surface area contributed by atoms with E-state index in [4.69, 9.17) is 24.2 Å². The second-order valence-electron chi connectivity index (χ2n) is 21.6. The van der Waals surface area contributed by atoms with Crippen molar-refractivity contribution < 1.29 is 43.2 Å². The molecule has 434 valence electrons. The molecule has 4 heterocycles. The van der Waals surface area contributed by atoms with E-state index in [0.29, 0.717) is 51.7 Å². The number of carbonyl (C=O) groups is 4. The van der Waals surface area contributed by atoms with Crippen LogP contribution in [-0.2, 0) is 53.0 Å². The van der Waals surface area contributed by atoms with Gasteiger partial charge in [-0.25, -0.2) is 14.8 Å². The number of amides is 5. The zero-order chi connectivity index (χ0) is 57.8. The Morgan fingerprint density at radius 2 is 1.44 bits per heavy atom.